The number of sulfonamides is 1. The van der Waals surface area contributed by atoms with E-state index in [0.717, 1.165) is 10.1 Å². The zero-order chi connectivity index (χ0) is 19.3. The van der Waals surface area contributed by atoms with E-state index in [4.69, 9.17) is 5.73 Å². The lowest BCUT2D eigenvalue weighted by Gasteiger charge is -2.34. The van der Waals surface area contributed by atoms with Crippen LogP contribution in [0.4, 0.5) is 5.00 Å². The molecule has 1 saturated heterocycles. The third-order valence-electron chi connectivity index (χ3n) is 4.22. The molecule has 26 heavy (non-hydrogen) atoms. The van der Waals surface area contributed by atoms with Crippen molar-refractivity contribution in [2.75, 3.05) is 37.7 Å². The van der Waals surface area contributed by atoms with Crippen LogP contribution in [0.1, 0.15) is 37.6 Å². The highest BCUT2D eigenvalue weighted by molar-refractivity contribution is 7.89. The standard InChI is InChI=1S/C16H21N3O3S2.C2H6/c1-2-11-24(21,22)19-9-7-18(8-10-19)16(20)14-12-5-3-4-6-13(12)23-15(14)17;1-2/h3-6H,2,7-11,17H2,1H3;1-2H3. The summed E-state index contributed by atoms with van der Waals surface area (Å²) >= 11 is 1.41. The maximum atomic E-state index is 12.9. The molecule has 1 aromatic carbocycles. The number of amides is 1. The minimum absolute atomic E-state index is 0.113. The summed E-state index contributed by atoms with van der Waals surface area (Å²) in [7, 11) is -3.21. The average Bonchev–Trinajstić information content (AvgIpc) is 2.98. The van der Waals surface area contributed by atoms with E-state index < -0.39 is 10.0 Å². The number of nitrogens with zero attached hydrogens (tertiary/aromatic N) is 2. The molecule has 2 heterocycles. The van der Waals surface area contributed by atoms with Crippen molar-refractivity contribution in [1.29, 1.82) is 0 Å². The number of nitrogens with two attached hydrogens (primary N) is 1. The van der Waals surface area contributed by atoms with Crippen molar-refractivity contribution in [2.24, 2.45) is 0 Å². The zero-order valence-electron chi connectivity index (χ0n) is 15.6. The molecule has 144 valence electrons. The van der Waals surface area contributed by atoms with Crippen molar-refractivity contribution in [3.8, 4) is 0 Å². The molecule has 0 atom stereocenters. The maximum Gasteiger partial charge on any atom is 0.257 e. The molecule has 0 radical (unpaired) electrons. The van der Waals surface area contributed by atoms with E-state index in [2.05, 4.69) is 0 Å². The highest BCUT2D eigenvalue weighted by Crippen LogP contribution is 2.34. The number of carbonyl (C=O) groups is 1. The average molecular weight is 398 g/mol. The Morgan fingerprint density at radius 3 is 2.38 bits per heavy atom. The minimum Gasteiger partial charge on any atom is -0.390 e. The van der Waals surface area contributed by atoms with Gasteiger partial charge in [0.1, 0.15) is 0 Å². The number of carbonyl (C=O) groups excluding carboxylic acids is 1. The van der Waals surface area contributed by atoms with Crippen molar-refractivity contribution < 1.29 is 13.2 Å². The lowest BCUT2D eigenvalue weighted by Crippen LogP contribution is -2.51. The van der Waals surface area contributed by atoms with Gasteiger partial charge in [-0.1, -0.05) is 39.0 Å². The summed E-state index contributed by atoms with van der Waals surface area (Å²) < 4.78 is 26.7. The van der Waals surface area contributed by atoms with Gasteiger partial charge in [-0.2, -0.15) is 4.31 Å². The van der Waals surface area contributed by atoms with E-state index in [1.54, 1.807) is 4.90 Å². The van der Waals surface area contributed by atoms with Gasteiger partial charge in [0.25, 0.3) is 5.91 Å². The van der Waals surface area contributed by atoms with E-state index in [9.17, 15) is 13.2 Å². The van der Waals surface area contributed by atoms with Gasteiger partial charge in [-0.3, -0.25) is 4.79 Å². The number of benzene rings is 1. The predicted octanol–water partition coefficient (Wildman–Crippen LogP) is 3.01. The number of thiophene rings is 1. The summed E-state index contributed by atoms with van der Waals surface area (Å²) in [5, 5.41) is 1.38. The van der Waals surface area contributed by atoms with E-state index in [1.807, 2.05) is 45.0 Å². The molecular weight excluding hydrogens is 370 g/mol. The first-order valence-electron chi connectivity index (χ1n) is 8.98. The van der Waals surface area contributed by atoms with Crippen LogP contribution in [0.25, 0.3) is 10.1 Å². The number of piperazine rings is 1. The Kier molecular flexibility index (Phi) is 7.02. The molecule has 1 aliphatic heterocycles. The van der Waals surface area contributed by atoms with Gasteiger partial charge in [0.2, 0.25) is 10.0 Å². The largest absolute Gasteiger partial charge is 0.390 e. The van der Waals surface area contributed by atoms with Crippen LogP contribution in [0.2, 0.25) is 0 Å². The Morgan fingerprint density at radius 2 is 1.77 bits per heavy atom. The Hall–Kier alpha value is -1.64. The molecule has 1 amide bonds. The van der Waals surface area contributed by atoms with Crippen molar-refractivity contribution in [3.05, 3.63) is 29.8 Å². The second-order valence-corrected chi connectivity index (χ2v) is 9.02. The SMILES string of the molecule is CC.CCCS(=O)(=O)N1CCN(C(=O)c2c(N)sc3ccccc23)CC1. The molecule has 1 aliphatic rings. The molecule has 3 rings (SSSR count). The third-order valence-corrected chi connectivity index (χ3v) is 7.29. The Labute approximate surface area is 159 Å². The molecule has 0 saturated carbocycles. The van der Waals surface area contributed by atoms with Crippen molar-refractivity contribution in [1.82, 2.24) is 9.21 Å². The fourth-order valence-corrected chi connectivity index (χ4v) is 5.46. The van der Waals surface area contributed by atoms with Crippen LogP contribution >= 0.6 is 11.3 Å². The molecule has 0 spiro atoms. The number of hydrogen-bond donors (Lipinski definition) is 1. The summed E-state index contributed by atoms with van der Waals surface area (Å²) in [5.41, 5.74) is 6.60. The lowest BCUT2D eigenvalue weighted by molar-refractivity contribution is 0.0701. The fourth-order valence-electron chi connectivity index (χ4n) is 3.00. The van der Waals surface area contributed by atoms with Crippen LogP contribution in [-0.2, 0) is 10.0 Å². The molecule has 2 aromatic rings. The predicted molar refractivity (Wildman–Crippen MR) is 109 cm³/mol. The maximum absolute atomic E-state index is 12.9. The first kappa shape index (κ1) is 20.7. The summed E-state index contributed by atoms with van der Waals surface area (Å²) in [6.45, 7) is 7.32. The number of rotatable bonds is 4. The van der Waals surface area contributed by atoms with Gasteiger partial charge < -0.3 is 10.6 Å². The molecule has 6 nitrogen and oxygen atoms in total. The van der Waals surface area contributed by atoms with Gasteiger partial charge in [-0.05, 0) is 12.5 Å². The van der Waals surface area contributed by atoms with Crippen molar-refractivity contribution in [2.45, 2.75) is 27.2 Å². The van der Waals surface area contributed by atoms with Crippen LogP contribution in [0.3, 0.4) is 0 Å². The number of anilines is 1. The number of hydrogen-bond acceptors (Lipinski definition) is 5. The third kappa shape index (κ3) is 4.19. The van der Waals surface area contributed by atoms with E-state index >= 15 is 0 Å². The fraction of sp³-hybridized carbons (Fsp3) is 0.500. The van der Waals surface area contributed by atoms with Gasteiger partial charge >= 0.3 is 0 Å². The van der Waals surface area contributed by atoms with Gasteiger partial charge in [0.15, 0.2) is 0 Å². The monoisotopic (exact) mass is 397 g/mol. The smallest absolute Gasteiger partial charge is 0.257 e. The lowest BCUT2D eigenvalue weighted by atomic mass is 10.1. The molecule has 8 heteroatoms. The molecule has 0 aliphatic carbocycles. The summed E-state index contributed by atoms with van der Waals surface area (Å²) in [4.78, 5) is 14.6. The van der Waals surface area contributed by atoms with Crippen LogP contribution < -0.4 is 5.73 Å². The highest BCUT2D eigenvalue weighted by atomic mass is 32.2. The number of nitrogen functional groups attached to an aromatic ring is 1. The van der Waals surface area contributed by atoms with E-state index in [-0.39, 0.29) is 11.7 Å². The van der Waals surface area contributed by atoms with E-state index in [0.29, 0.717) is 43.2 Å². The Balaban J connectivity index is 0.00000117. The zero-order valence-corrected chi connectivity index (χ0v) is 17.2. The topological polar surface area (TPSA) is 83.7 Å². The first-order chi connectivity index (χ1) is 12.4. The number of fused-ring (bicyclic) bond motifs is 1. The van der Waals surface area contributed by atoms with E-state index in [1.165, 1.54) is 15.6 Å². The van der Waals surface area contributed by atoms with Crippen LogP contribution in [-0.4, -0.2) is 55.5 Å². The van der Waals surface area contributed by atoms with Gasteiger partial charge in [-0.15, -0.1) is 11.3 Å². The highest BCUT2D eigenvalue weighted by Gasteiger charge is 2.30. The summed E-state index contributed by atoms with van der Waals surface area (Å²) in [6, 6.07) is 7.66. The van der Waals surface area contributed by atoms with Crippen LogP contribution in [0, 0.1) is 0 Å². The minimum atomic E-state index is -3.21. The normalized spacial score (nSPS) is 15.6. The van der Waals surface area contributed by atoms with Crippen molar-refractivity contribution >= 4 is 42.4 Å². The Bertz CT molecular complexity index is 854. The second kappa shape index (κ2) is 8.83. The molecular formula is C18H27N3O3S2. The molecule has 2 N–H and O–H groups in total. The van der Waals surface area contributed by atoms with Gasteiger partial charge in [-0.25, -0.2) is 8.42 Å². The first-order valence-corrected chi connectivity index (χ1v) is 11.4. The van der Waals surface area contributed by atoms with Gasteiger partial charge in [0, 0.05) is 36.3 Å². The second-order valence-electron chi connectivity index (χ2n) is 5.84. The van der Waals surface area contributed by atoms with Gasteiger partial charge in [0.05, 0.1) is 16.3 Å². The van der Waals surface area contributed by atoms with Crippen molar-refractivity contribution in [3.63, 3.8) is 0 Å². The van der Waals surface area contributed by atoms with Crippen LogP contribution in [0.15, 0.2) is 24.3 Å². The summed E-state index contributed by atoms with van der Waals surface area (Å²) in [6.07, 6.45) is 0.596. The molecule has 0 bridgehead atoms. The quantitative estimate of drug-likeness (QED) is 0.859. The molecule has 0 unspecified atom stereocenters. The molecule has 1 fully saturated rings. The summed E-state index contributed by atoms with van der Waals surface area (Å²) in [5.74, 6) is 0.0424. The van der Waals surface area contributed by atoms with Crippen LogP contribution in [0.5, 0.6) is 0 Å². The molecule has 1 aromatic heterocycles. The Morgan fingerprint density at radius 1 is 1.15 bits per heavy atom.